The van der Waals surface area contributed by atoms with Crippen molar-refractivity contribution >= 4 is 12.1 Å². The van der Waals surface area contributed by atoms with Crippen LogP contribution in [0, 0.1) is 5.82 Å². The van der Waals surface area contributed by atoms with Crippen LogP contribution >= 0.6 is 0 Å². The molecule has 216 valence electrons. The third-order valence-corrected chi connectivity index (χ3v) is 5.73. The highest BCUT2D eigenvalue weighted by Crippen LogP contribution is 2.42. The Labute approximate surface area is 224 Å². The van der Waals surface area contributed by atoms with Crippen LogP contribution < -0.4 is 5.32 Å². The third-order valence-electron chi connectivity index (χ3n) is 5.73. The van der Waals surface area contributed by atoms with Crippen molar-refractivity contribution in [3.8, 4) is 22.7 Å². The number of ether oxygens (including phenoxy) is 2. The average molecular weight is 573 g/mol. The molecule has 40 heavy (non-hydrogen) atoms. The van der Waals surface area contributed by atoms with Crippen molar-refractivity contribution in [2.45, 2.75) is 70.5 Å². The van der Waals surface area contributed by atoms with Crippen LogP contribution in [0.1, 0.15) is 39.7 Å². The smallest absolute Gasteiger partial charge is 0.425 e. The SMILES string of the molecule is CC(C)(C)OC(=O)NC1=N[C@](C)(c2cc(-c3cc(-c4ccn(CC(F)F)n4)no3)ccc2F)C[C@@H](C(F)(F)F)O1. The first-order valence-corrected chi connectivity index (χ1v) is 11.9. The summed E-state index contributed by atoms with van der Waals surface area (Å²) in [6, 6.07) is 5.71. The molecule has 0 saturated heterocycles. The molecule has 0 bridgehead atoms. The maximum Gasteiger partial charge on any atom is 0.425 e. The molecule has 2 aromatic heterocycles. The Hall–Kier alpha value is -4.04. The zero-order valence-corrected chi connectivity index (χ0v) is 21.7. The summed E-state index contributed by atoms with van der Waals surface area (Å²) in [6.45, 7) is 5.34. The van der Waals surface area contributed by atoms with Gasteiger partial charge in [-0.15, -0.1) is 0 Å². The van der Waals surface area contributed by atoms with Crippen molar-refractivity contribution in [3.63, 3.8) is 0 Å². The van der Waals surface area contributed by atoms with Crippen LogP contribution in [0.25, 0.3) is 22.7 Å². The van der Waals surface area contributed by atoms with E-state index < -0.39 is 60.7 Å². The van der Waals surface area contributed by atoms with Gasteiger partial charge in [0.15, 0.2) is 11.9 Å². The van der Waals surface area contributed by atoms with Gasteiger partial charge in [0, 0.05) is 29.8 Å². The highest BCUT2D eigenvalue weighted by atomic mass is 19.4. The van der Waals surface area contributed by atoms with Crippen molar-refractivity contribution in [1.82, 2.24) is 20.3 Å². The Morgan fingerprint density at radius 2 is 1.93 bits per heavy atom. The number of halogens is 6. The minimum Gasteiger partial charge on any atom is -0.452 e. The molecule has 1 N–H and O–H groups in total. The molecule has 1 aliphatic rings. The van der Waals surface area contributed by atoms with Gasteiger partial charge in [-0.1, -0.05) is 5.16 Å². The highest BCUT2D eigenvalue weighted by molar-refractivity contribution is 5.91. The van der Waals surface area contributed by atoms with Gasteiger partial charge in [-0.2, -0.15) is 18.3 Å². The fourth-order valence-corrected chi connectivity index (χ4v) is 4.00. The molecular formula is C25H25F6N5O4. The minimum absolute atomic E-state index is 0.110. The topological polar surface area (TPSA) is 104 Å². The van der Waals surface area contributed by atoms with Gasteiger partial charge in [0.05, 0.1) is 5.54 Å². The number of amidine groups is 1. The zero-order chi connectivity index (χ0) is 29.5. The normalized spacial score (nSPS) is 19.8. The second kappa shape index (κ2) is 10.5. The second-order valence-corrected chi connectivity index (χ2v) is 10.3. The number of nitrogens with zero attached hydrogens (tertiary/aromatic N) is 4. The van der Waals surface area contributed by atoms with Gasteiger partial charge in [0.1, 0.15) is 29.4 Å². The lowest BCUT2D eigenvalue weighted by Crippen LogP contribution is -2.49. The van der Waals surface area contributed by atoms with E-state index in [1.54, 1.807) is 20.8 Å². The van der Waals surface area contributed by atoms with Crippen LogP contribution in [0.5, 0.6) is 0 Å². The molecule has 1 aromatic carbocycles. The predicted octanol–water partition coefficient (Wildman–Crippen LogP) is 6.06. The molecule has 0 aliphatic carbocycles. The molecule has 4 rings (SSSR count). The first-order valence-electron chi connectivity index (χ1n) is 11.9. The Morgan fingerprint density at radius 3 is 2.58 bits per heavy atom. The number of carbonyl (C=O) groups is 1. The highest BCUT2D eigenvalue weighted by Gasteiger charge is 2.50. The summed E-state index contributed by atoms with van der Waals surface area (Å²) in [5.74, 6) is -0.751. The fraction of sp³-hybridized carbons (Fsp3) is 0.440. The van der Waals surface area contributed by atoms with Gasteiger partial charge >= 0.3 is 12.3 Å². The standard InChI is InChI=1S/C25H25F6N5O4/c1-23(2,3)39-22(37)32-21-33-24(4,11-19(38-21)25(29,30)31)14-9-13(5-6-15(14)26)18-10-17(35-40-18)16-7-8-36(34-16)12-20(27)28/h5-10,19-20H,11-12H2,1-4H3,(H,32,33,37)/t19-,24-/m0/s1. The van der Waals surface area contributed by atoms with E-state index in [1.807, 2.05) is 0 Å². The number of nitrogens with one attached hydrogen (secondary N) is 1. The van der Waals surface area contributed by atoms with Crippen molar-refractivity contribution in [1.29, 1.82) is 0 Å². The summed E-state index contributed by atoms with van der Waals surface area (Å²) in [4.78, 5) is 16.3. The van der Waals surface area contributed by atoms with Crippen molar-refractivity contribution < 1.29 is 45.1 Å². The van der Waals surface area contributed by atoms with Crippen molar-refractivity contribution in [2.24, 2.45) is 4.99 Å². The molecule has 1 aliphatic heterocycles. The molecule has 1 amide bonds. The summed E-state index contributed by atoms with van der Waals surface area (Å²) in [7, 11) is 0. The summed E-state index contributed by atoms with van der Waals surface area (Å²) >= 11 is 0. The quantitative estimate of drug-likeness (QED) is 0.373. The van der Waals surface area contributed by atoms with Gasteiger partial charge in [0.25, 0.3) is 12.4 Å². The number of carbonyl (C=O) groups excluding carboxylic acids is 1. The van der Waals surface area contributed by atoms with E-state index in [-0.39, 0.29) is 28.3 Å². The largest absolute Gasteiger partial charge is 0.452 e. The predicted molar refractivity (Wildman–Crippen MR) is 129 cm³/mol. The maximum absolute atomic E-state index is 15.1. The number of amides is 1. The van der Waals surface area contributed by atoms with E-state index in [0.29, 0.717) is 0 Å². The molecule has 0 unspecified atom stereocenters. The van der Waals surface area contributed by atoms with E-state index in [9.17, 15) is 26.7 Å². The molecule has 9 nitrogen and oxygen atoms in total. The number of aliphatic imine (C=N–C) groups is 1. The lowest BCUT2D eigenvalue weighted by Gasteiger charge is -2.37. The number of alkyl carbamates (subject to hydrolysis) is 1. The number of hydrogen-bond acceptors (Lipinski definition) is 7. The molecule has 0 spiro atoms. The molecule has 3 aromatic rings. The van der Waals surface area contributed by atoms with Crippen molar-refractivity contribution in [3.05, 3.63) is 47.9 Å². The second-order valence-electron chi connectivity index (χ2n) is 10.3. The van der Waals surface area contributed by atoms with Gasteiger partial charge in [-0.05, 0) is 52.0 Å². The van der Waals surface area contributed by atoms with Crippen LogP contribution in [0.2, 0.25) is 0 Å². The van der Waals surface area contributed by atoms with Crippen LogP contribution in [-0.2, 0) is 21.6 Å². The first kappa shape index (κ1) is 29.0. The van der Waals surface area contributed by atoms with Crippen LogP contribution in [0.15, 0.2) is 46.0 Å². The van der Waals surface area contributed by atoms with E-state index in [4.69, 9.17) is 14.0 Å². The van der Waals surface area contributed by atoms with E-state index in [2.05, 4.69) is 20.6 Å². The Kier molecular flexibility index (Phi) is 7.60. The number of hydrogen-bond donors (Lipinski definition) is 1. The summed E-state index contributed by atoms with van der Waals surface area (Å²) in [6.07, 6.45) is -10.4. The molecule has 0 saturated carbocycles. The minimum atomic E-state index is -4.86. The Bertz CT molecular complexity index is 1410. The van der Waals surface area contributed by atoms with Gasteiger partial charge in [0.2, 0.25) is 0 Å². The fourth-order valence-electron chi connectivity index (χ4n) is 4.00. The summed E-state index contributed by atoms with van der Waals surface area (Å²) < 4.78 is 98.0. The average Bonchev–Trinajstić information content (AvgIpc) is 3.46. The summed E-state index contributed by atoms with van der Waals surface area (Å²) in [5.41, 5.74) is -2.33. The molecule has 0 fully saturated rings. The number of benzene rings is 1. The van der Waals surface area contributed by atoms with Gasteiger partial charge in [-0.3, -0.25) is 4.68 Å². The first-order chi connectivity index (χ1) is 18.5. The number of aromatic nitrogens is 3. The molecule has 0 radical (unpaired) electrons. The monoisotopic (exact) mass is 573 g/mol. The van der Waals surface area contributed by atoms with E-state index >= 15 is 4.39 Å². The zero-order valence-electron chi connectivity index (χ0n) is 21.7. The van der Waals surface area contributed by atoms with Crippen molar-refractivity contribution in [2.75, 3.05) is 0 Å². The number of rotatable bonds is 5. The third kappa shape index (κ3) is 6.74. The van der Waals surface area contributed by atoms with E-state index in [0.717, 1.165) is 10.7 Å². The lowest BCUT2D eigenvalue weighted by molar-refractivity contribution is -0.208. The number of alkyl halides is 5. The Morgan fingerprint density at radius 1 is 1.20 bits per heavy atom. The maximum atomic E-state index is 15.1. The molecule has 3 heterocycles. The van der Waals surface area contributed by atoms with Crippen LogP contribution in [-0.4, -0.2) is 51.4 Å². The molecular weight excluding hydrogens is 548 g/mol. The summed E-state index contributed by atoms with van der Waals surface area (Å²) in [5, 5.41) is 9.93. The lowest BCUT2D eigenvalue weighted by atomic mass is 9.84. The van der Waals surface area contributed by atoms with Crippen LogP contribution in [0.4, 0.5) is 31.1 Å². The molecule has 15 heteroatoms. The van der Waals surface area contributed by atoms with Gasteiger partial charge < -0.3 is 14.0 Å². The molecule has 2 atom stereocenters. The van der Waals surface area contributed by atoms with Crippen LogP contribution in [0.3, 0.4) is 0 Å². The van der Waals surface area contributed by atoms with Gasteiger partial charge in [-0.25, -0.2) is 28.3 Å². The van der Waals surface area contributed by atoms with E-state index in [1.165, 1.54) is 37.4 Å². The Balaban J connectivity index is 1.67.